The van der Waals surface area contributed by atoms with Crippen molar-refractivity contribution in [1.82, 2.24) is 0 Å². The van der Waals surface area contributed by atoms with Gasteiger partial charge in [-0.2, -0.15) is 0 Å². The summed E-state index contributed by atoms with van der Waals surface area (Å²) in [4.78, 5) is 11.9. The van der Waals surface area contributed by atoms with Crippen LogP contribution in [0.5, 0.6) is 11.5 Å². The molecule has 4 nitrogen and oxygen atoms in total. The van der Waals surface area contributed by atoms with Gasteiger partial charge in [-0.15, -0.1) is 0 Å². The standard InChI is InChI=1S/C12H14ClNO3/c1-16-10-6-8(9(15)2-4-14)11(13)7-3-5-17-12(7)10/h6H,2-5,14H2,1H3. The van der Waals surface area contributed by atoms with Gasteiger partial charge in [0.1, 0.15) is 0 Å². The van der Waals surface area contributed by atoms with E-state index in [4.69, 9.17) is 26.8 Å². The maximum absolute atomic E-state index is 11.9. The predicted octanol–water partition coefficient (Wildman–Crippen LogP) is 1.81. The summed E-state index contributed by atoms with van der Waals surface area (Å²) in [5, 5.41) is 0.469. The maximum Gasteiger partial charge on any atom is 0.166 e. The molecule has 92 valence electrons. The van der Waals surface area contributed by atoms with Gasteiger partial charge in [-0.1, -0.05) is 11.6 Å². The fourth-order valence-electron chi connectivity index (χ4n) is 1.93. The second-order valence-electron chi connectivity index (χ2n) is 3.81. The van der Waals surface area contributed by atoms with E-state index < -0.39 is 0 Å². The molecule has 0 saturated heterocycles. The zero-order valence-corrected chi connectivity index (χ0v) is 10.3. The maximum atomic E-state index is 11.9. The van der Waals surface area contributed by atoms with Crippen LogP contribution in [-0.2, 0) is 6.42 Å². The Balaban J connectivity index is 2.50. The molecule has 0 aromatic heterocycles. The largest absolute Gasteiger partial charge is 0.493 e. The Hall–Kier alpha value is -1.26. The molecule has 0 fully saturated rings. The number of benzene rings is 1. The Morgan fingerprint density at radius 2 is 2.41 bits per heavy atom. The number of Topliss-reactive ketones (excluding diaryl/α,β-unsaturated/α-hetero) is 1. The molecule has 1 aliphatic rings. The molecule has 2 rings (SSSR count). The first-order valence-corrected chi connectivity index (χ1v) is 5.82. The molecular formula is C12H14ClNO3. The summed E-state index contributed by atoms with van der Waals surface area (Å²) in [5.74, 6) is 1.15. The number of methoxy groups -OCH3 is 1. The van der Waals surface area contributed by atoms with Crippen LogP contribution in [0.3, 0.4) is 0 Å². The molecule has 1 aliphatic heterocycles. The summed E-state index contributed by atoms with van der Waals surface area (Å²) in [6.07, 6.45) is 0.983. The van der Waals surface area contributed by atoms with Gasteiger partial charge in [0.05, 0.1) is 18.7 Å². The first-order valence-electron chi connectivity index (χ1n) is 5.44. The number of ketones is 1. The van der Waals surface area contributed by atoms with Gasteiger partial charge in [-0.3, -0.25) is 4.79 Å². The average Bonchev–Trinajstić information content (AvgIpc) is 2.79. The van der Waals surface area contributed by atoms with Crippen LogP contribution in [0.4, 0.5) is 0 Å². The van der Waals surface area contributed by atoms with Crippen molar-refractivity contribution in [3.05, 3.63) is 22.2 Å². The van der Waals surface area contributed by atoms with E-state index in [1.54, 1.807) is 13.2 Å². The van der Waals surface area contributed by atoms with Gasteiger partial charge in [-0.05, 0) is 12.6 Å². The fraction of sp³-hybridized carbons (Fsp3) is 0.417. The molecule has 1 heterocycles. The average molecular weight is 256 g/mol. The predicted molar refractivity (Wildman–Crippen MR) is 65.2 cm³/mol. The van der Waals surface area contributed by atoms with Crippen molar-refractivity contribution in [2.24, 2.45) is 5.73 Å². The minimum absolute atomic E-state index is 0.0644. The van der Waals surface area contributed by atoms with E-state index in [0.717, 1.165) is 5.56 Å². The van der Waals surface area contributed by atoms with Crippen LogP contribution in [0, 0.1) is 0 Å². The zero-order valence-electron chi connectivity index (χ0n) is 9.59. The zero-order chi connectivity index (χ0) is 12.4. The Bertz CT molecular complexity index is 460. The van der Waals surface area contributed by atoms with E-state index in [9.17, 15) is 4.79 Å². The number of hydrogen-bond donors (Lipinski definition) is 1. The van der Waals surface area contributed by atoms with E-state index >= 15 is 0 Å². The third-order valence-corrected chi connectivity index (χ3v) is 3.20. The number of fused-ring (bicyclic) bond motifs is 1. The molecule has 0 atom stereocenters. The molecule has 2 N–H and O–H groups in total. The van der Waals surface area contributed by atoms with Crippen LogP contribution >= 0.6 is 11.6 Å². The van der Waals surface area contributed by atoms with Crippen molar-refractivity contribution in [3.63, 3.8) is 0 Å². The summed E-state index contributed by atoms with van der Waals surface area (Å²) >= 11 is 6.22. The topological polar surface area (TPSA) is 61.5 Å². The molecule has 5 heteroatoms. The normalized spacial score (nSPS) is 13.1. The summed E-state index contributed by atoms with van der Waals surface area (Å²) in [6.45, 7) is 0.880. The van der Waals surface area contributed by atoms with E-state index in [2.05, 4.69) is 0 Å². The van der Waals surface area contributed by atoms with Crippen molar-refractivity contribution in [3.8, 4) is 11.5 Å². The van der Waals surface area contributed by atoms with E-state index in [1.807, 2.05) is 0 Å². The number of hydrogen-bond acceptors (Lipinski definition) is 4. The smallest absolute Gasteiger partial charge is 0.166 e. The molecule has 1 aromatic rings. The summed E-state index contributed by atoms with van der Waals surface area (Å²) < 4.78 is 10.7. The number of halogens is 1. The second kappa shape index (κ2) is 4.94. The summed E-state index contributed by atoms with van der Waals surface area (Å²) in [6, 6.07) is 1.63. The molecule has 1 aromatic carbocycles. The molecule has 0 aliphatic carbocycles. The Morgan fingerprint density at radius 3 is 3.06 bits per heavy atom. The summed E-state index contributed by atoms with van der Waals surface area (Å²) in [7, 11) is 1.54. The number of carbonyl (C=O) groups is 1. The molecular weight excluding hydrogens is 242 g/mol. The quantitative estimate of drug-likeness (QED) is 0.834. The van der Waals surface area contributed by atoms with E-state index in [1.165, 1.54) is 0 Å². The van der Waals surface area contributed by atoms with Crippen molar-refractivity contribution < 1.29 is 14.3 Å². The molecule has 0 saturated carbocycles. The van der Waals surface area contributed by atoms with Gasteiger partial charge in [-0.25, -0.2) is 0 Å². The lowest BCUT2D eigenvalue weighted by atomic mass is 10.0. The highest BCUT2D eigenvalue weighted by atomic mass is 35.5. The summed E-state index contributed by atoms with van der Waals surface area (Å²) in [5.41, 5.74) is 6.70. The third kappa shape index (κ3) is 2.10. The van der Waals surface area contributed by atoms with E-state index in [0.29, 0.717) is 41.7 Å². The van der Waals surface area contributed by atoms with Crippen LogP contribution in [0.2, 0.25) is 5.02 Å². The number of rotatable bonds is 4. The highest BCUT2D eigenvalue weighted by Crippen LogP contribution is 2.42. The molecule has 17 heavy (non-hydrogen) atoms. The van der Waals surface area contributed by atoms with E-state index in [-0.39, 0.29) is 12.2 Å². The van der Waals surface area contributed by atoms with Gasteiger partial charge in [0, 0.05) is 24.0 Å². The van der Waals surface area contributed by atoms with Crippen molar-refractivity contribution in [1.29, 1.82) is 0 Å². The molecule has 0 bridgehead atoms. The number of nitrogens with two attached hydrogens (primary N) is 1. The minimum atomic E-state index is -0.0644. The lowest BCUT2D eigenvalue weighted by Crippen LogP contribution is -2.09. The van der Waals surface area contributed by atoms with Crippen LogP contribution in [0.15, 0.2) is 6.07 Å². The Labute approximate surface area is 105 Å². The van der Waals surface area contributed by atoms with Gasteiger partial charge in [0.2, 0.25) is 0 Å². The Kier molecular flexibility index (Phi) is 3.54. The molecule has 0 spiro atoms. The SMILES string of the molecule is COc1cc(C(=O)CCN)c(Cl)c2c1OCC2. The van der Waals surface area contributed by atoms with Crippen LogP contribution < -0.4 is 15.2 Å². The van der Waals surface area contributed by atoms with Gasteiger partial charge >= 0.3 is 0 Å². The van der Waals surface area contributed by atoms with Gasteiger partial charge in [0.15, 0.2) is 17.3 Å². The second-order valence-corrected chi connectivity index (χ2v) is 4.19. The first-order chi connectivity index (χ1) is 8.19. The third-order valence-electron chi connectivity index (χ3n) is 2.76. The monoisotopic (exact) mass is 255 g/mol. The molecule has 0 unspecified atom stereocenters. The van der Waals surface area contributed by atoms with Crippen LogP contribution in [0.25, 0.3) is 0 Å². The first kappa shape index (κ1) is 12.2. The van der Waals surface area contributed by atoms with Crippen LogP contribution in [0.1, 0.15) is 22.3 Å². The van der Waals surface area contributed by atoms with Crippen LogP contribution in [-0.4, -0.2) is 26.0 Å². The fourth-order valence-corrected chi connectivity index (χ4v) is 2.27. The Morgan fingerprint density at radius 1 is 1.65 bits per heavy atom. The van der Waals surface area contributed by atoms with Gasteiger partial charge in [0.25, 0.3) is 0 Å². The minimum Gasteiger partial charge on any atom is -0.493 e. The van der Waals surface area contributed by atoms with Crippen molar-refractivity contribution in [2.75, 3.05) is 20.3 Å². The number of carbonyl (C=O) groups excluding carboxylic acids is 1. The van der Waals surface area contributed by atoms with Crippen molar-refractivity contribution >= 4 is 17.4 Å². The highest BCUT2D eigenvalue weighted by molar-refractivity contribution is 6.35. The number of ether oxygens (including phenoxy) is 2. The highest BCUT2D eigenvalue weighted by Gasteiger charge is 2.25. The molecule has 0 radical (unpaired) electrons. The van der Waals surface area contributed by atoms with Crippen molar-refractivity contribution in [2.45, 2.75) is 12.8 Å². The lowest BCUT2D eigenvalue weighted by Gasteiger charge is -2.11. The van der Waals surface area contributed by atoms with Gasteiger partial charge < -0.3 is 15.2 Å². The lowest BCUT2D eigenvalue weighted by molar-refractivity contribution is 0.0985. The molecule has 0 amide bonds.